The molecule has 0 radical (unpaired) electrons. The molecule has 0 bridgehead atoms. The van der Waals surface area contributed by atoms with Crippen LogP contribution in [0.4, 0.5) is 0 Å². The van der Waals surface area contributed by atoms with Crippen LogP contribution in [0.1, 0.15) is 18.5 Å². The first kappa shape index (κ1) is 15.8. The minimum atomic E-state index is -3.34. The van der Waals surface area contributed by atoms with Crippen LogP contribution in [0.3, 0.4) is 0 Å². The Balaban J connectivity index is 1.76. The smallest absolute Gasteiger partial charge is 0.279 e. The van der Waals surface area contributed by atoms with Gasteiger partial charge in [0.15, 0.2) is 0 Å². The maximum Gasteiger partial charge on any atom is 0.279 e. The Hall–Kier alpha value is -0.540. The van der Waals surface area contributed by atoms with E-state index < -0.39 is 10.2 Å². The van der Waals surface area contributed by atoms with E-state index in [-0.39, 0.29) is 0 Å². The van der Waals surface area contributed by atoms with Gasteiger partial charge in [-0.15, -0.1) is 11.3 Å². The maximum absolute atomic E-state index is 12.2. The van der Waals surface area contributed by atoms with Crippen LogP contribution in [0.2, 0.25) is 0 Å². The number of hydrogen-bond donors (Lipinski definition) is 2. The second kappa shape index (κ2) is 7.46. The Labute approximate surface area is 124 Å². The fourth-order valence-electron chi connectivity index (χ4n) is 2.40. The van der Waals surface area contributed by atoms with Crippen molar-refractivity contribution in [3.8, 4) is 0 Å². The molecule has 0 amide bonds. The van der Waals surface area contributed by atoms with Gasteiger partial charge in [-0.3, -0.25) is 0 Å². The molecule has 8 heteroatoms. The molecule has 0 saturated carbocycles. The molecule has 20 heavy (non-hydrogen) atoms. The predicted molar refractivity (Wildman–Crippen MR) is 81.0 cm³/mol. The predicted octanol–water partition coefficient (Wildman–Crippen LogP) is 0.451. The van der Waals surface area contributed by atoms with E-state index >= 15 is 0 Å². The number of rotatable bonds is 7. The Morgan fingerprint density at radius 1 is 1.45 bits per heavy atom. The van der Waals surface area contributed by atoms with E-state index in [4.69, 9.17) is 0 Å². The fourth-order valence-corrected chi connectivity index (χ4v) is 4.23. The van der Waals surface area contributed by atoms with Gasteiger partial charge < -0.3 is 5.32 Å². The molecule has 2 rings (SSSR count). The molecule has 2 heterocycles. The van der Waals surface area contributed by atoms with Crippen molar-refractivity contribution in [2.24, 2.45) is 5.92 Å². The summed E-state index contributed by atoms with van der Waals surface area (Å²) in [5.74, 6) is 0.585. The van der Waals surface area contributed by atoms with Gasteiger partial charge in [-0.05, 0) is 32.4 Å². The highest BCUT2D eigenvalue weighted by molar-refractivity contribution is 7.87. The third-order valence-electron chi connectivity index (χ3n) is 3.56. The third kappa shape index (κ3) is 4.49. The Bertz CT molecular complexity index is 482. The van der Waals surface area contributed by atoms with Crippen LogP contribution in [0.25, 0.3) is 0 Å². The minimum Gasteiger partial charge on any atom is -0.319 e. The quantitative estimate of drug-likeness (QED) is 0.765. The topological polar surface area (TPSA) is 74.3 Å². The van der Waals surface area contributed by atoms with Crippen molar-refractivity contribution >= 4 is 21.5 Å². The van der Waals surface area contributed by atoms with Crippen LogP contribution in [0, 0.1) is 5.92 Å². The number of aromatic nitrogens is 1. The van der Waals surface area contributed by atoms with Gasteiger partial charge in [-0.2, -0.15) is 12.7 Å². The van der Waals surface area contributed by atoms with E-state index in [0.29, 0.717) is 32.0 Å². The van der Waals surface area contributed by atoms with E-state index in [9.17, 15) is 8.42 Å². The highest BCUT2D eigenvalue weighted by atomic mass is 32.2. The molecule has 114 valence electrons. The van der Waals surface area contributed by atoms with Gasteiger partial charge in [0.1, 0.15) is 0 Å². The first-order valence-corrected chi connectivity index (χ1v) is 9.26. The molecule has 1 aliphatic rings. The van der Waals surface area contributed by atoms with Gasteiger partial charge in [0.25, 0.3) is 10.2 Å². The van der Waals surface area contributed by atoms with E-state index in [2.05, 4.69) is 15.0 Å². The van der Waals surface area contributed by atoms with Gasteiger partial charge in [0, 0.05) is 31.4 Å². The zero-order valence-electron chi connectivity index (χ0n) is 11.7. The van der Waals surface area contributed by atoms with Crippen LogP contribution in [-0.4, -0.2) is 50.9 Å². The highest BCUT2D eigenvalue weighted by Crippen LogP contribution is 2.18. The fraction of sp³-hybridized carbons (Fsp3) is 0.750. The standard InChI is InChI=1S/C12H22N4O2S2/c1-13-8-11-3-6-16(7-4-11)20(17,18)15-5-2-12-9-19-10-14-12/h9-11,13,15H,2-8H2,1H3. The molecular weight excluding hydrogens is 296 g/mol. The van der Waals surface area contributed by atoms with E-state index in [1.165, 1.54) is 11.3 Å². The molecule has 1 aromatic heterocycles. The summed E-state index contributed by atoms with van der Waals surface area (Å²) in [6, 6.07) is 0. The number of piperidine rings is 1. The summed E-state index contributed by atoms with van der Waals surface area (Å²) in [5.41, 5.74) is 2.70. The Morgan fingerprint density at radius 3 is 2.80 bits per heavy atom. The molecule has 1 saturated heterocycles. The summed E-state index contributed by atoms with van der Waals surface area (Å²) in [7, 11) is -1.40. The average Bonchev–Trinajstić information content (AvgIpc) is 2.93. The maximum atomic E-state index is 12.2. The minimum absolute atomic E-state index is 0.405. The molecule has 1 aromatic rings. The zero-order chi connectivity index (χ0) is 14.4. The summed E-state index contributed by atoms with van der Waals surface area (Å²) in [5, 5.41) is 5.09. The van der Waals surface area contributed by atoms with Crippen molar-refractivity contribution in [1.82, 2.24) is 19.3 Å². The number of nitrogens with one attached hydrogen (secondary N) is 2. The van der Waals surface area contributed by atoms with Crippen molar-refractivity contribution in [2.45, 2.75) is 19.3 Å². The second-order valence-corrected chi connectivity index (χ2v) is 7.50. The summed E-state index contributed by atoms with van der Waals surface area (Å²) in [6.45, 7) is 2.59. The van der Waals surface area contributed by atoms with Gasteiger partial charge in [0.05, 0.1) is 11.2 Å². The summed E-state index contributed by atoms with van der Waals surface area (Å²) in [4.78, 5) is 4.14. The molecule has 1 aliphatic heterocycles. The van der Waals surface area contributed by atoms with Gasteiger partial charge in [-0.25, -0.2) is 9.71 Å². The number of hydrogen-bond acceptors (Lipinski definition) is 5. The van der Waals surface area contributed by atoms with Crippen molar-refractivity contribution in [3.63, 3.8) is 0 Å². The third-order valence-corrected chi connectivity index (χ3v) is 5.80. The lowest BCUT2D eigenvalue weighted by Crippen LogP contribution is -2.46. The van der Waals surface area contributed by atoms with E-state index in [1.54, 1.807) is 9.82 Å². The molecule has 6 nitrogen and oxygen atoms in total. The lowest BCUT2D eigenvalue weighted by molar-refractivity contribution is 0.268. The van der Waals surface area contributed by atoms with Crippen LogP contribution in [0.15, 0.2) is 10.9 Å². The first-order chi connectivity index (χ1) is 9.62. The van der Waals surface area contributed by atoms with Crippen LogP contribution < -0.4 is 10.0 Å². The Morgan fingerprint density at radius 2 is 2.20 bits per heavy atom. The van der Waals surface area contributed by atoms with E-state index in [1.807, 2.05) is 12.4 Å². The van der Waals surface area contributed by atoms with Crippen LogP contribution in [-0.2, 0) is 16.6 Å². The van der Waals surface area contributed by atoms with Gasteiger partial charge in [0.2, 0.25) is 0 Å². The zero-order valence-corrected chi connectivity index (χ0v) is 13.3. The lowest BCUT2D eigenvalue weighted by atomic mass is 9.98. The molecular formula is C12H22N4O2S2. The van der Waals surface area contributed by atoms with Gasteiger partial charge >= 0.3 is 0 Å². The molecule has 1 fully saturated rings. The molecule has 2 N–H and O–H groups in total. The Kier molecular flexibility index (Phi) is 5.91. The SMILES string of the molecule is CNCC1CCN(S(=O)(=O)NCCc2cscn2)CC1. The summed E-state index contributed by atoms with van der Waals surface area (Å²) in [6.07, 6.45) is 2.49. The second-order valence-electron chi connectivity index (χ2n) is 5.03. The monoisotopic (exact) mass is 318 g/mol. The van der Waals surface area contributed by atoms with Crippen molar-refractivity contribution in [2.75, 3.05) is 33.2 Å². The highest BCUT2D eigenvalue weighted by Gasteiger charge is 2.27. The molecule has 0 atom stereocenters. The largest absolute Gasteiger partial charge is 0.319 e. The van der Waals surface area contributed by atoms with Crippen LogP contribution in [0.5, 0.6) is 0 Å². The molecule has 0 aromatic carbocycles. The lowest BCUT2D eigenvalue weighted by Gasteiger charge is -2.31. The summed E-state index contributed by atoms with van der Waals surface area (Å²) >= 11 is 1.53. The number of thiazole rings is 1. The number of nitrogens with zero attached hydrogens (tertiary/aromatic N) is 2. The average molecular weight is 318 g/mol. The molecule has 0 aliphatic carbocycles. The van der Waals surface area contributed by atoms with Crippen molar-refractivity contribution in [1.29, 1.82) is 0 Å². The molecule has 0 spiro atoms. The van der Waals surface area contributed by atoms with E-state index in [0.717, 1.165) is 25.1 Å². The van der Waals surface area contributed by atoms with Crippen molar-refractivity contribution < 1.29 is 8.42 Å². The van der Waals surface area contributed by atoms with Gasteiger partial charge in [-0.1, -0.05) is 0 Å². The van der Waals surface area contributed by atoms with Crippen LogP contribution >= 0.6 is 11.3 Å². The molecule has 0 unspecified atom stereocenters. The van der Waals surface area contributed by atoms with Crippen molar-refractivity contribution in [3.05, 3.63) is 16.6 Å². The first-order valence-electron chi connectivity index (χ1n) is 6.88. The normalized spacial score (nSPS) is 18.4. The summed E-state index contributed by atoms with van der Waals surface area (Å²) < 4.78 is 28.5.